The maximum Gasteiger partial charge on any atom is 0.250 e. The van der Waals surface area contributed by atoms with Crippen molar-refractivity contribution in [2.45, 2.75) is 52.0 Å². The summed E-state index contributed by atoms with van der Waals surface area (Å²) >= 11 is 0. The predicted molar refractivity (Wildman–Crippen MR) is 109 cm³/mol. The molecule has 0 bridgehead atoms. The van der Waals surface area contributed by atoms with Crippen molar-refractivity contribution in [2.24, 2.45) is 11.7 Å². The monoisotopic (exact) mass is 399 g/mol. The van der Waals surface area contributed by atoms with Crippen molar-refractivity contribution < 1.29 is 18.8 Å². The Morgan fingerprint density at radius 2 is 1.97 bits per heavy atom. The normalized spacial score (nSPS) is 14.7. The number of nitrogens with two attached hydrogens (primary N) is 1. The zero-order valence-corrected chi connectivity index (χ0v) is 17.1. The summed E-state index contributed by atoms with van der Waals surface area (Å²) in [7, 11) is 1.66. The van der Waals surface area contributed by atoms with Gasteiger partial charge in [0.25, 0.3) is 5.91 Å². The number of carbonyl (C=O) groups is 3. The lowest BCUT2D eigenvalue weighted by atomic mass is 9.87. The van der Waals surface area contributed by atoms with E-state index in [0.29, 0.717) is 41.6 Å². The first-order valence-electron chi connectivity index (χ1n) is 10.2. The van der Waals surface area contributed by atoms with Crippen molar-refractivity contribution in [1.29, 1.82) is 0 Å². The van der Waals surface area contributed by atoms with Gasteiger partial charge in [0.2, 0.25) is 5.91 Å². The van der Waals surface area contributed by atoms with Crippen LogP contribution in [0.5, 0.6) is 0 Å². The molecule has 0 saturated heterocycles. The van der Waals surface area contributed by atoms with E-state index in [2.05, 4.69) is 0 Å². The number of aromatic nitrogens is 1. The first-order valence-corrected chi connectivity index (χ1v) is 10.2. The van der Waals surface area contributed by atoms with Gasteiger partial charge in [-0.25, -0.2) is 0 Å². The first-order chi connectivity index (χ1) is 13.9. The lowest BCUT2D eigenvalue weighted by Gasteiger charge is -2.24. The van der Waals surface area contributed by atoms with Gasteiger partial charge < -0.3 is 19.6 Å². The fraction of sp³-hybridized carbons (Fsp3) is 0.500. The van der Waals surface area contributed by atoms with Crippen LogP contribution in [-0.2, 0) is 11.3 Å². The van der Waals surface area contributed by atoms with E-state index in [-0.39, 0.29) is 18.2 Å². The van der Waals surface area contributed by atoms with E-state index in [9.17, 15) is 14.4 Å². The Morgan fingerprint density at radius 3 is 2.59 bits per heavy atom. The molecule has 7 nitrogen and oxygen atoms in total. The van der Waals surface area contributed by atoms with E-state index < -0.39 is 5.91 Å². The minimum atomic E-state index is -0.587. The van der Waals surface area contributed by atoms with E-state index in [1.165, 1.54) is 30.2 Å². The molecular formula is C22H29N3O4. The first kappa shape index (κ1) is 20.9. The summed E-state index contributed by atoms with van der Waals surface area (Å²) in [5, 5.41) is 0. The van der Waals surface area contributed by atoms with Crippen LogP contribution in [0.25, 0.3) is 0 Å². The quantitative estimate of drug-likeness (QED) is 0.689. The lowest BCUT2D eigenvalue weighted by Crippen LogP contribution is -2.34. The second-order valence-electron chi connectivity index (χ2n) is 7.94. The SMILES string of the molecule is Cc1c(C(N)=O)cc(C(=O)CN(C)C(=O)CC2CCCCC2)n1Cc1ccco1. The van der Waals surface area contributed by atoms with Gasteiger partial charge in [0.05, 0.1) is 30.6 Å². The summed E-state index contributed by atoms with van der Waals surface area (Å²) < 4.78 is 7.11. The highest BCUT2D eigenvalue weighted by Crippen LogP contribution is 2.27. The molecule has 2 N–H and O–H groups in total. The molecule has 156 valence electrons. The summed E-state index contributed by atoms with van der Waals surface area (Å²) in [6, 6.07) is 5.09. The Bertz CT molecular complexity index is 876. The van der Waals surface area contributed by atoms with E-state index in [1.807, 2.05) is 0 Å². The van der Waals surface area contributed by atoms with Gasteiger partial charge in [-0.3, -0.25) is 14.4 Å². The van der Waals surface area contributed by atoms with Crippen molar-refractivity contribution >= 4 is 17.6 Å². The Morgan fingerprint density at radius 1 is 1.24 bits per heavy atom. The predicted octanol–water partition coefficient (Wildman–Crippen LogP) is 3.15. The average molecular weight is 399 g/mol. The average Bonchev–Trinajstić information content (AvgIpc) is 3.31. The van der Waals surface area contributed by atoms with Crippen molar-refractivity contribution in [2.75, 3.05) is 13.6 Å². The highest BCUT2D eigenvalue weighted by Gasteiger charge is 2.24. The van der Waals surface area contributed by atoms with Gasteiger partial charge in [0, 0.05) is 19.2 Å². The summed E-state index contributed by atoms with van der Waals surface area (Å²) in [5.41, 5.74) is 6.73. The number of hydrogen-bond acceptors (Lipinski definition) is 4. The number of primary amides is 1. The minimum absolute atomic E-state index is 0.0127. The van der Waals surface area contributed by atoms with E-state index >= 15 is 0 Å². The standard InChI is InChI=1S/C22H29N3O4/c1-15-18(22(23)28)12-19(25(15)13-17-9-6-10-29-17)20(26)14-24(2)21(27)11-16-7-4-3-5-8-16/h6,9-10,12,16H,3-5,7-8,11,13-14H2,1-2H3,(H2,23,28). The summed E-state index contributed by atoms with van der Waals surface area (Å²) in [6.07, 6.45) is 7.81. The largest absolute Gasteiger partial charge is 0.467 e. The van der Waals surface area contributed by atoms with Gasteiger partial charge in [0.15, 0.2) is 5.78 Å². The molecule has 1 saturated carbocycles. The third kappa shape index (κ3) is 4.96. The van der Waals surface area contributed by atoms with Crippen LogP contribution in [0.15, 0.2) is 28.9 Å². The molecule has 0 unspecified atom stereocenters. The highest BCUT2D eigenvalue weighted by molar-refractivity contribution is 6.02. The van der Waals surface area contributed by atoms with Crippen LogP contribution in [0.4, 0.5) is 0 Å². The second-order valence-corrected chi connectivity index (χ2v) is 7.94. The zero-order chi connectivity index (χ0) is 21.0. The van der Waals surface area contributed by atoms with Crippen LogP contribution in [0.1, 0.15) is 70.8 Å². The van der Waals surface area contributed by atoms with Crippen molar-refractivity contribution in [1.82, 2.24) is 9.47 Å². The molecule has 0 spiro atoms. The van der Waals surface area contributed by atoms with Crippen LogP contribution in [0.2, 0.25) is 0 Å². The van der Waals surface area contributed by atoms with E-state index in [4.69, 9.17) is 10.2 Å². The molecule has 2 amide bonds. The van der Waals surface area contributed by atoms with E-state index in [0.717, 1.165) is 12.8 Å². The Kier molecular flexibility index (Phi) is 6.56. The van der Waals surface area contributed by atoms with Crippen LogP contribution in [0, 0.1) is 12.8 Å². The Balaban J connectivity index is 1.74. The number of Topliss-reactive ketones (excluding diaryl/α,β-unsaturated/α-hetero) is 1. The number of amides is 2. The smallest absolute Gasteiger partial charge is 0.250 e. The number of ketones is 1. The molecule has 0 radical (unpaired) electrons. The van der Waals surface area contributed by atoms with Crippen LogP contribution in [-0.4, -0.2) is 40.7 Å². The third-order valence-corrected chi connectivity index (χ3v) is 5.81. The molecule has 0 aromatic carbocycles. The maximum absolute atomic E-state index is 13.0. The van der Waals surface area contributed by atoms with Crippen molar-refractivity contribution in [3.8, 4) is 0 Å². The number of likely N-dealkylation sites (N-methyl/N-ethyl adjacent to an activating group) is 1. The number of furan rings is 1. The fourth-order valence-electron chi connectivity index (χ4n) is 4.07. The number of carbonyl (C=O) groups excluding carboxylic acids is 3. The van der Waals surface area contributed by atoms with Crippen LogP contribution in [0.3, 0.4) is 0 Å². The molecular weight excluding hydrogens is 370 g/mol. The second kappa shape index (κ2) is 9.11. The molecule has 2 heterocycles. The summed E-state index contributed by atoms with van der Waals surface area (Å²) in [4.78, 5) is 38.8. The Hall–Kier alpha value is -2.83. The molecule has 0 atom stereocenters. The molecule has 2 aromatic rings. The topological polar surface area (TPSA) is 98.5 Å². The van der Waals surface area contributed by atoms with Crippen LogP contribution < -0.4 is 5.73 Å². The maximum atomic E-state index is 13.0. The van der Waals surface area contributed by atoms with Gasteiger partial charge in [-0.15, -0.1) is 0 Å². The van der Waals surface area contributed by atoms with Crippen LogP contribution >= 0.6 is 0 Å². The van der Waals surface area contributed by atoms with Gasteiger partial charge in [-0.05, 0) is 43.9 Å². The molecule has 1 fully saturated rings. The van der Waals surface area contributed by atoms with Crippen molar-refractivity contribution in [3.63, 3.8) is 0 Å². The highest BCUT2D eigenvalue weighted by atomic mass is 16.3. The number of rotatable bonds is 8. The van der Waals surface area contributed by atoms with Gasteiger partial charge in [-0.1, -0.05) is 19.3 Å². The number of hydrogen-bond donors (Lipinski definition) is 1. The summed E-state index contributed by atoms with van der Waals surface area (Å²) in [6.45, 7) is 2.02. The lowest BCUT2D eigenvalue weighted by molar-refractivity contribution is -0.130. The van der Waals surface area contributed by atoms with Crippen molar-refractivity contribution in [3.05, 3.63) is 47.2 Å². The molecule has 7 heteroatoms. The van der Waals surface area contributed by atoms with Gasteiger partial charge >= 0.3 is 0 Å². The summed E-state index contributed by atoms with van der Waals surface area (Å²) in [5.74, 6) is 0.250. The zero-order valence-electron chi connectivity index (χ0n) is 17.1. The molecule has 0 aliphatic heterocycles. The molecule has 2 aromatic heterocycles. The minimum Gasteiger partial charge on any atom is -0.467 e. The Labute approximate surface area is 170 Å². The molecule has 3 rings (SSSR count). The number of nitrogens with zero attached hydrogens (tertiary/aromatic N) is 2. The molecule has 1 aliphatic rings. The van der Waals surface area contributed by atoms with E-state index in [1.54, 1.807) is 36.9 Å². The van der Waals surface area contributed by atoms with Gasteiger partial charge in [0.1, 0.15) is 5.76 Å². The molecule has 29 heavy (non-hydrogen) atoms. The third-order valence-electron chi connectivity index (χ3n) is 5.81. The fourth-order valence-corrected chi connectivity index (χ4v) is 4.07. The molecule has 1 aliphatic carbocycles. The van der Waals surface area contributed by atoms with Gasteiger partial charge in [-0.2, -0.15) is 0 Å².